The van der Waals surface area contributed by atoms with Crippen molar-refractivity contribution in [3.05, 3.63) is 35.9 Å². The lowest BCUT2D eigenvalue weighted by molar-refractivity contribution is -0.144. The summed E-state index contributed by atoms with van der Waals surface area (Å²) in [6.07, 6.45) is -0.346. The van der Waals surface area contributed by atoms with Crippen molar-refractivity contribution in [1.29, 1.82) is 0 Å². The molecular weight excluding hydrogens is 308 g/mol. The summed E-state index contributed by atoms with van der Waals surface area (Å²) in [4.78, 5) is 27.6. The highest BCUT2D eigenvalue weighted by atomic mass is 16.6. The monoisotopic (exact) mass is 334 g/mol. The maximum absolute atomic E-state index is 12.3. The van der Waals surface area contributed by atoms with Crippen molar-refractivity contribution in [1.82, 2.24) is 9.80 Å². The van der Waals surface area contributed by atoms with E-state index in [4.69, 9.17) is 4.74 Å². The first-order valence-electron chi connectivity index (χ1n) is 8.20. The van der Waals surface area contributed by atoms with Gasteiger partial charge < -0.3 is 14.7 Å². The van der Waals surface area contributed by atoms with E-state index in [-0.39, 0.29) is 12.1 Å². The summed E-state index contributed by atoms with van der Waals surface area (Å²) >= 11 is 0. The second kappa shape index (κ2) is 7.21. The molecule has 0 spiro atoms. The summed E-state index contributed by atoms with van der Waals surface area (Å²) in [5.74, 6) is -0.876. The Bertz CT molecular complexity index is 582. The molecule has 0 bridgehead atoms. The first-order chi connectivity index (χ1) is 11.2. The molecule has 1 aliphatic heterocycles. The van der Waals surface area contributed by atoms with E-state index in [1.165, 1.54) is 0 Å². The lowest BCUT2D eigenvalue weighted by atomic mass is 10.0. The molecule has 0 radical (unpaired) electrons. The molecule has 1 amide bonds. The van der Waals surface area contributed by atoms with Gasteiger partial charge >= 0.3 is 12.1 Å². The Morgan fingerprint density at radius 1 is 1.21 bits per heavy atom. The number of nitrogens with zero attached hydrogens (tertiary/aromatic N) is 2. The second-order valence-electron chi connectivity index (χ2n) is 7.17. The summed E-state index contributed by atoms with van der Waals surface area (Å²) in [5.41, 5.74) is 0.213. The van der Waals surface area contributed by atoms with Crippen LogP contribution in [0.2, 0.25) is 0 Å². The van der Waals surface area contributed by atoms with E-state index in [0.717, 1.165) is 5.56 Å². The van der Waals surface area contributed by atoms with Crippen molar-refractivity contribution in [2.24, 2.45) is 0 Å². The molecule has 1 aromatic carbocycles. The van der Waals surface area contributed by atoms with Crippen LogP contribution in [0.4, 0.5) is 4.79 Å². The number of aliphatic carboxylic acids is 1. The van der Waals surface area contributed by atoms with Gasteiger partial charge in [0.05, 0.1) is 0 Å². The zero-order valence-electron chi connectivity index (χ0n) is 14.7. The van der Waals surface area contributed by atoms with Crippen molar-refractivity contribution < 1.29 is 19.4 Å². The van der Waals surface area contributed by atoms with E-state index in [2.05, 4.69) is 0 Å². The Kier molecular flexibility index (Phi) is 5.49. The molecule has 1 fully saturated rings. The van der Waals surface area contributed by atoms with Crippen molar-refractivity contribution in [2.75, 3.05) is 19.6 Å². The Hall–Kier alpha value is -2.08. The number of carboxylic acids is 1. The van der Waals surface area contributed by atoms with Crippen LogP contribution in [0.15, 0.2) is 30.3 Å². The van der Waals surface area contributed by atoms with Gasteiger partial charge in [0, 0.05) is 25.7 Å². The molecule has 24 heavy (non-hydrogen) atoms. The predicted octanol–water partition coefficient (Wildman–Crippen LogP) is 2.75. The molecule has 0 aliphatic carbocycles. The SMILES string of the molecule is C[C@@H]1CN([C@@H](C(=O)O)c2ccccc2)CCN1C(=O)OC(C)(C)C. The molecule has 0 unspecified atom stereocenters. The van der Waals surface area contributed by atoms with Gasteiger partial charge in [-0.3, -0.25) is 9.69 Å². The van der Waals surface area contributed by atoms with Gasteiger partial charge in [-0.2, -0.15) is 0 Å². The number of amides is 1. The van der Waals surface area contributed by atoms with Gasteiger partial charge in [0.15, 0.2) is 0 Å². The fourth-order valence-electron chi connectivity index (χ4n) is 2.96. The van der Waals surface area contributed by atoms with Gasteiger partial charge in [-0.1, -0.05) is 30.3 Å². The minimum absolute atomic E-state index is 0.112. The maximum atomic E-state index is 12.3. The molecule has 0 aromatic heterocycles. The highest BCUT2D eigenvalue weighted by Gasteiger charge is 2.36. The van der Waals surface area contributed by atoms with Gasteiger partial charge in [0.25, 0.3) is 0 Å². The number of carbonyl (C=O) groups is 2. The first-order valence-corrected chi connectivity index (χ1v) is 8.20. The third-order valence-electron chi connectivity index (χ3n) is 4.00. The minimum atomic E-state index is -0.876. The number of carboxylic acid groups (broad SMARTS) is 1. The lowest BCUT2D eigenvalue weighted by Gasteiger charge is -2.42. The minimum Gasteiger partial charge on any atom is -0.480 e. The van der Waals surface area contributed by atoms with E-state index in [9.17, 15) is 14.7 Å². The number of piperazine rings is 1. The highest BCUT2D eigenvalue weighted by molar-refractivity contribution is 5.75. The summed E-state index contributed by atoms with van der Waals surface area (Å²) in [7, 11) is 0. The van der Waals surface area contributed by atoms with E-state index < -0.39 is 17.6 Å². The van der Waals surface area contributed by atoms with E-state index in [1.807, 2.05) is 62.9 Å². The molecule has 132 valence electrons. The zero-order chi connectivity index (χ0) is 17.9. The third kappa shape index (κ3) is 4.47. The standard InChI is InChI=1S/C18H26N2O4/c1-13-12-19(10-11-20(13)17(23)24-18(2,3)4)15(16(21)22)14-8-6-5-7-9-14/h5-9,13,15H,10-12H2,1-4H3,(H,21,22)/t13-,15-/m1/s1. The van der Waals surface area contributed by atoms with E-state index >= 15 is 0 Å². The lowest BCUT2D eigenvalue weighted by Crippen LogP contribution is -2.56. The first kappa shape index (κ1) is 18.3. The predicted molar refractivity (Wildman–Crippen MR) is 90.8 cm³/mol. The van der Waals surface area contributed by atoms with Gasteiger partial charge in [-0.05, 0) is 33.3 Å². The van der Waals surface area contributed by atoms with Crippen molar-refractivity contribution in [2.45, 2.75) is 45.4 Å². The second-order valence-corrected chi connectivity index (χ2v) is 7.17. The van der Waals surface area contributed by atoms with Crippen LogP contribution in [-0.2, 0) is 9.53 Å². The van der Waals surface area contributed by atoms with Crippen LogP contribution in [0.5, 0.6) is 0 Å². The number of hydrogen-bond acceptors (Lipinski definition) is 4. The van der Waals surface area contributed by atoms with E-state index in [0.29, 0.717) is 19.6 Å². The quantitative estimate of drug-likeness (QED) is 0.920. The average Bonchev–Trinajstić information content (AvgIpc) is 2.46. The molecule has 0 saturated carbocycles. The fourth-order valence-corrected chi connectivity index (χ4v) is 2.96. The Balaban J connectivity index is 2.08. The molecule has 1 heterocycles. The average molecular weight is 334 g/mol. The van der Waals surface area contributed by atoms with Gasteiger partial charge in [-0.15, -0.1) is 0 Å². The molecule has 2 rings (SSSR count). The van der Waals surface area contributed by atoms with Crippen LogP contribution in [0.1, 0.15) is 39.3 Å². The third-order valence-corrected chi connectivity index (χ3v) is 4.00. The highest BCUT2D eigenvalue weighted by Crippen LogP contribution is 2.25. The van der Waals surface area contributed by atoms with Gasteiger partial charge in [-0.25, -0.2) is 4.79 Å². The van der Waals surface area contributed by atoms with Gasteiger partial charge in [0.2, 0.25) is 0 Å². The van der Waals surface area contributed by atoms with Crippen LogP contribution in [0, 0.1) is 0 Å². The van der Waals surface area contributed by atoms with Crippen LogP contribution >= 0.6 is 0 Å². The Morgan fingerprint density at radius 2 is 1.83 bits per heavy atom. The van der Waals surface area contributed by atoms with Crippen LogP contribution < -0.4 is 0 Å². The van der Waals surface area contributed by atoms with Crippen LogP contribution in [0.25, 0.3) is 0 Å². The molecule has 1 aromatic rings. The largest absolute Gasteiger partial charge is 0.480 e. The number of ether oxygens (including phenoxy) is 1. The van der Waals surface area contributed by atoms with Crippen LogP contribution in [-0.4, -0.2) is 58.2 Å². The number of rotatable bonds is 3. The zero-order valence-corrected chi connectivity index (χ0v) is 14.7. The molecule has 1 aliphatic rings. The number of hydrogen-bond donors (Lipinski definition) is 1. The number of carbonyl (C=O) groups excluding carboxylic acids is 1. The fraction of sp³-hybridized carbons (Fsp3) is 0.556. The Morgan fingerprint density at radius 3 is 2.33 bits per heavy atom. The topological polar surface area (TPSA) is 70.1 Å². The van der Waals surface area contributed by atoms with E-state index in [1.54, 1.807) is 4.90 Å². The maximum Gasteiger partial charge on any atom is 0.410 e. The summed E-state index contributed by atoms with van der Waals surface area (Å²) in [6.45, 7) is 8.86. The molecule has 1 saturated heterocycles. The molecule has 6 heteroatoms. The molecule has 6 nitrogen and oxygen atoms in total. The van der Waals surface area contributed by atoms with Crippen molar-refractivity contribution in [3.8, 4) is 0 Å². The summed E-state index contributed by atoms with van der Waals surface area (Å²) < 4.78 is 5.43. The van der Waals surface area contributed by atoms with Crippen molar-refractivity contribution >= 4 is 12.1 Å². The van der Waals surface area contributed by atoms with Gasteiger partial charge in [0.1, 0.15) is 11.6 Å². The molecule has 2 atom stereocenters. The molecular formula is C18H26N2O4. The summed E-state index contributed by atoms with van der Waals surface area (Å²) in [6, 6.07) is 8.38. The van der Waals surface area contributed by atoms with Crippen molar-refractivity contribution in [3.63, 3.8) is 0 Å². The van der Waals surface area contributed by atoms with Crippen LogP contribution in [0.3, 0.4) is 0 Å². The normalized spacial score (nSPS) is 20.5. The molecule has 1 N–H and O–H groups in total. The smallest absolute Gasteiger partial charge is 0.410 e. The Labute approximate surface area is 143 Å². The summed E-state index contributed by atoms with van der Waals surface area (Å²) in [5, 5.41) is 9.65. The number of benzene rings is 1.